The SMILES string of the molecule is Nc1ncc2c(F)cc(-c3cn(C(F)F)cn3)n2n1. The van der Waals surface area contributed by atoms with Crippen LogP contribution in [-0.2, 0) is 0 Å². The van der Waals surface area contributed by atoms with E-state index in [0.717, 1.165) is 18.6 Å². The van der Waals surface area contributed by atoms with E-state index in [1.54, 1.807) is 0 Å². The number of nitrogen functional groups attached to an aromatic ring is 1. The Morgan fingerprint density at radius 3 is 2.74 bits per heavy atom. The van der Waals surface area contributed by atoms with Crippen LogP contribution in [0, 0.1) is 5.82 Å². The Morgan fingerprint density at radius 1 is 1.26 bits per heavy atom. The first kappa shape index (κ1) is 11.5. The second-order valence-electron chi connectivity index (χ2n) is 3.77. The molecule has 19 heavy (non-hydrogen) atoms. The zero-order valence-electron chi connectivity index (χ0n) is 9.33. The van der Waals surface area contributed by atoms with Gasteiger partial charge in [-0.25, -0.2) is 18.9 Å². The molecule has 98 valence electrons. The zero-order valence-corrected chi connectivity index (χ0v) is 9.33. The van der Waals surface area contributed by atoms with Crippen LogP contribution in [0.2, 0.25) is 0 Å². The number of anilines is 1. The van der Waals surface area contributed by atoms with Crippen LogP contribution >= 0.6 is 0 Å². The van der Waals surface area contributed by atoms with Crippen LogP contribution in [0.3, 0.4) is 0 Å². The fourth-order valence-electron chi connectivity index (χ4n) is 1.72. The Kier molecular flexibility index (Phi) is 2.40. The van der Waals surface area contributed by atoms with Gasteiger partial charge in [0.05, 0.1) is 18.2 Å². The van der Waals surface area contributed by atoms with E-state index in [2.05, 4.69) is 15.1 Å². The molecular weight excluding hydrogens is 261 g/mol. The molecule has 0 fully saturated rings. The fourth-order valence-corrected chi connectivity index (χ4v) is 1.72. The van der Waals surface area contributed by atoms with E-state index in [9.17, 15) is 13.2 Å². The third-order valence-electron chi connectivity index (χ3n) is 2.58. The van der Waals surface area contributed by atoms with Crippen LogP contribution in [0.4, 0.5) is 19.1 Å². The number of imidazole rings is 1. The summed E-state index contributed by atoms with van der Waals surface area (Å²) in [5, 5.41) is 3.83. The molecule has 3 aromatic rings. The third kappa shape index (κ3) is 1.79. The van der Waals surface area contributed by atoms with E-state index < -0.39 is 12.4 Å². The molecule has 0 aliphatic carbocycles. The molecule has 0 radical (unpaired) electrons. The van der Waals surface area contributed by atoms with Crippen molar-refractivity contribution in [3.05, 3.63) is 30.6 Å². The lowest BCUT2D eigenvalue weighted by Gasteiger charge is -1.99. The molecule has 0 aliphatic heterocycles. The number of nitrogens with two attached hydrogens (primary N) is 1. The van der Waals surface area contributed by atoms with Gasteiger partial charge in [-0.3, -0.25) is 4.57 Å². The van der Waals surface area contributed by atoms with Crippen molar-refractivity contribution in [1.29, 1.82) is 0 Å². The molecule has 0 aromatic carbocycles. The first-order valence-electron chi connectivity index (χ1n) is 5.18. The van der Waals surface area contributed by atoms with Gasteiger partial charge in [0.2, 0.25) is 5.95 Å². The zero-order chi connectivity index (χ0) is 13.6. The highest BCUT2D eigenvalue weighted by molar-refractivity contribution is 5.63. The molecule has 3 heterocycles. The number of hydrogen-bond donors (Lipinski definition) is 1. The molecule has 9 heteroatoms. The van der Waals surface area contributed by atoms with Crippen molar-refractivity contribution < 1.29 is 13.2 Å². The molecule has 0 bridgehead atoms. The average Bonchev–Trinajstić information content (AvgIpc) is 2.94. The molecule has 0 saturated carbocycles. The fraction of sp³-hybridized carbons (Fsp3) is 0.100. The normalized spacial score (nSPS) is 11.6. The number of alkyl halides is 2. The number of rotatable bonds is 2. The summed E-state index contributed by atoms with van der Waals surface area (Å²) < 4.78 is 40.4. The van der Waals surface area contributed by atoms with Crippen molar-refractivity contribution in [2.45, 2.75) is 6.55 Å². The Hall–Kier alpha value is -2.58. The Morgan fingerprint density at radius 2 is 2.05 bits per heavy atom. The predicted molar refractivity (Wildman–Crippen MR) is 59.8 cm³/mol. The number of hydrogen-bond acceptors (Lipinski definition) is 4. The maximum atomic E-state index is 13.7. The molecule has 0 amide bonds. The second kappa shape index (κ2) is 3.97. The Bertz CT molecular complexity index is 747. The first-order valence-corrected chi connectivity index (χ1v) is 5.18. The summed E-state index contributed by atoms with van der Waals surface area (Å²) in [5.74, 6) is -0.640. The van der Waals surface area contributed by atoms with Gasteiger partial charge in [-0.1, -0.05) is 0 Å². The number of aromatic nitrogens is 5. The van der Waals surface area contributed by atoms with Crippen molar-refractivity contribution >= 4 is 11.5 Å². The average molecular weight is 268 g/mol. The lowest BCUT2D eigenvalue weighted by Crippen LogP contribution is -2.01. The van der Waals surface area contributed by atoms with E-state index >= 15 is 0 Å². The standard InChI is InChI=1S/C10H7F3N6/c11-5-1-7(6-3-18(4-16-6)9(12)13)19-8(5)2-15-10(14)17-19/h1-4,9H,(H2,14,17). The lowest BCUT2D eigenvalue weighted by atomic mass is 10.3. The number of fused-ring (bicyclic) bond motifs is 1. The second-order valence-corrected chi connectivity index (χ2v) is 3.77. The molecule has 0 aliphatic rings. The predicted octanol–water partition coefficient (Wildman–Crippen LogP) is 1.71. The quantitative estimate of drug-likeness (QED) is 0.767. The van der Waals surface area contributed by atoms with Crippen molar-refractivity contribution in [1.82, 2.24) is 24.1 Å². The minimum atomic E-state index is -2.71. The van der Waals surface area contributed by atoms with Gasteiger partial charge in [0.25, 0.3) is 0 Å². The summed E-state index contributed by atoms with van der Waals surface area (Å²) in [7, 11) is 0. The maximum Gasteiger partial charge on any atom is 0.319 e. The third-order valence-corrected chi connectivity index (χ3v) is 2.58. The van der Waals surface area contributed by atoms with Gasteiger partial charge < -0.3 is 5.73 Å². The van der Waals surface area contributed by atoms with Crippen molar-refractivity contribution in [3.63, 3.8) is 0 Å². The van der Waals surface area contributed by atoms with Crippen LogP contribution < -0.4 is 5.73 Å². The summed E-state index contributed by atoms with van der Waals surface area (Å²) in [6.45, 7) is -2.71. The van der Waals surface area contributed by atoms with Crippen LogP contribution in [0.5, 0.6) is 0 Å². The summed E-state index contributed by atoms with van der Waals surface area (Å²) in [4.78, 5) is 7.46. The molecule has 2 N–H and O–H groups in total. The summed E-state index contributed by atoms with van der Waals surface area (Å²) in [6.07, 6.45) is 3.28. The van der Waals surface area contributed by atoms with Gasteiger partial charge in [0.15, 0.2) is 5.82 Å². The minimum absolute atomic E-state index is 0.0577. The van der Waals surface area contributed by atoms with Crippen LogP contribution in [0.15, 0.2) is 24.8 Å². The monoisotopic (exact) mass is 268 g/mol. The van der Waals surface area contributed by atoms with Gasteiger partial charge in [0.1, 0.15) is 11.2 Å². The maximum absolute atomic E-state index is 13.7. The molecular formula is C10H7F3N6. The van der Waals surface area contributed by atoms with E-state index in [0.29, 0.717) is 4.57 Å². The Balaban J connectivity index is 2.21. The van der Waals surface area contributed by atoms with Crippen molar-refractivity contribution in [2.75, 3.05) is 5.73 Å². The Labute approximate surface area is 104 Å². The van der Waals surface area contributed by atoms with Crippen molar-refractivity contribution in [3.8, 4) is 11.4 Å². The molecule has 0 spiro atoms. The number of halogens is 3. The van der Waals surface area contributed by atoms with E-state index in [-0.39, 0.29) is 22.9 Å². The van der Waals surface area contributed by atoms with Crippen LogP contribution in [0.1, 0.15) is 6.55 Å². The van der Waals surface area contributed by atoms with Crippen LogP contribution in [-0.4, -0.2) is 24.1 Å². The van der Waals surface area contributed by atoms with E-state index in [1.165, 1.54) is 10.7 Å². The highest BCUT2D eigenvalue weighted by atomic mass is 19.3. The smallest absolute Gasteiger partial charge is 0.319 e. The summed E-state index contributed by atoms with van der Waals surface area (Å²) in [6, 6.07) is 1.14. The van der Waals surface area contributed by atoms with Gasteiger partial charge in [-0.2, -0.15) is 8.78 Å². The first-order chi connectivity index (χ1) is 9.06. The van der Waals surface area contributed by atoms with Gasteiger partial charge >= 0.3 is 6.55 Å². The minimum Gasteiger partial charge on any atom is -0.367 e. The highest BCUT2D eigenvalue weighted by Crippen LogP contribution is 2.24. The molecule has 0 saturated heterocycles. The van der Waals surface area contributed by atoms with Crippen LogP contribution in [0.25, 0.3) is 16.9 Å². The number of nitrogens with zero attached hydrogens (tertiary/aromatic N) is 5. The summed E-state index contributed by atoms with van der Waals surface area (Å²) in [5.41, 5.74) is 5.90. The highest BCUT2D eigenvalue weighted by Gasteiger charge is 2.16. The molecule has 0 unspecified atom stereocenters. The topological polar surface area (TPSA) is 74.0 Å². The van der Waals surface area contributed by atoms with Gasteiger partial charge in [0, 0.05) is 12.3 Å². The van der Waals surface area contributed by atoms with Gasteiger partial charge in [-0.15, -0.1) is 5.10 Å². The lowest BCUT2D eigenvalue weighted by molar-refractivity contribution is 0.0702. The molecule has 0 atom stereocenters. The summed E-state index contributed by atoms with van der Waals surface area (Å²) >= 11 is 0. The molecule has 3 aromatic heterocycles. The largest absolute Gasteiger partial charge is 0.367 e. The van der Waals surface area contributed by atoms with E-state index in [1.807, 2.05) is 0 Å². The molecule has 6 nitrogen and oxygen atoms in total. The van der Waals surface area contributed by atoms with Crippen molar-refractivity contribution in [2.24, 2.45) is 0 Å². The van der Waals surface area contributed by atoms with Gasteiger partial charge in [-0.05, 0) is 0 Å². The van der Waals surface area contributed by atoms with E-state index in [4.69, 9.17) is 5.73 Å². The molecule has 3 rings (SSSR count).